The normalized spacial score (nSPS) is 11.5. The molecular weight excluding hydrogens is 254 g/mol. The summed E-state index contributed by atoms with van der Waals surface area (Å²) in [7, 11) is 1.73. The number of rotatable bonds is 6. The van der Waals surface area contributed by atoms with Gasteiger partial charge in [-0.15, -0.1) is 0 Å². The predicted octanol–water partition coefficient (Wildman–Crippen LogP) is 1.33. The molecule has 5 nitrogen and oxygen atoms in total. The van der Waals surface area contributed by atoms with Crippen LogP contribution in [0, 0.1) is 0 Å². The Morgan fingerprint density at radius 1 is 1.39 bits per heavy atom. The molecule has 1 atom stereocenters. The highest BCUT2D eigenvalue weighted by Gasteiger charge is 2.00. The van der Waals surface area contributed by atoms with Crippen molar-refractivity contribution in [2.24, 2.45) is 0 Å². The van der Waals surface area contributed by atoms with Gasteiger partial charge in [0.15, 0.2) is 11.9 Å². The van der Waals surface area contributed by atoms with Crippen LogP contribution in [0.5, 0.6) is 5.75 Å². The lowest BCUT2D eigenvalue weighted by atomic mass is 10.2. The Balaban J connectivity index is 0.000000631. The summed E-state index contributed by atoms with van der Waals surface area (Å²) in [5, 5.41) is 9.21. The van der Waals surface area contributed by atoms with Crippen LogP contribution in [-0.2, 0) is 22.4 Å². The second-order valence-corrected chi connectivity index (χ2v) is 4.62. The summed E-state index contributed by atoms with van der Waals surface area (Å²) in [6.07, 6.45) is 8.30. The lowest BCUT2D eigenvalue weighted by Gasteiger charge is -1.98. The van der Waals surface area contributed by atoms with Crippen LogP contribution in [0.3, 0.4) is 0 Å². The third-order valence-corrected chi connectivity index (χ3v) is 2.11. The smallest absolute Gasteiger partial charge is 0.210 e. The molecule has 1 heterocycles. The van der Waals surface area contributed by atoms with Gasteiger partial charge in [-0.2, -0.15) is 0 Å². The molecule has 0 amide bonds. The van der Waals surface area contributed by atoms with Crippen molar-refractivity contribution >= 4 is 11.1 Å². The van der Waals surface area contributed by atoms with Gasteiger partial charge in [-0.3, -0.25) is 0 Å². The van der Waals surface area contributed by atoms with Crippen molar-refractivity contribution in [2.75, 3.05) is 20.0 Å². The maximum absolute atomic E-state index is 9.21. The summed E-state index contributed by atoms with van der Waals surface area (Å²) >= 11 is -1.61. The molecule has 0 aliphatic carbocycles. The number of unbranched alkanes of at least 4 members (excludes halogenated alkanes) is 2. The maximum Gasteiger partial charge on any atom is 0.210 e. The summed E-state index contributed by atoms with van der Waals surface area (Å²) < 4.78 is 23.6. The van der Waals surface area contributed by atoms with Gasteiger partial charge in [0.2, 0.25) is 6.20 Å². The fourth-order valence-electron chi connectivity index (χ4n) is 1.36. The zero-order valence-corrected chi connectivity index (χ0v) is 11.7. The van der Waals surface area contributed by atoms with Crippen LogP contribution < -0.4 is 4.57 Å². The van der Waals surface area contributed by atoms with E-state index in [0.717, 1.165) is 32.4 Å². The Morgan fingerprint density at radius 3 is 2.61 bits per heavy atom. The molecule has 0 saturated heterocycles. The molecule has 0 aliphatic rings. The van der Waals surface area contributed by atoms with E-state index in [4.69, 9.17) is 13.5 Å². The highest BCUT2D eigenvalue weighted by atomic mass is 32.2. The quantitative estimate of drug-likeness (QED) is 0.467. The summed E-state index contributed by atoms with van der Waals surface area (Å²) in [5.74, 6) is 0.324. The maximum atomic E-state index is 9.21. The van der Waals surface area contributed by atoms with E-state index in [9.17, 15) is 5.11 Å². The molecule has 0 bridgehead atoms. The van der Waals surface area contributed by atoms with Gasteiger partial charge in [0.25, 0.3) is 0 Å². The minimum absolute atomic E-state index is 0.324. The van der Waals surface area contributed by atoms with Crippen molar-refractivity contribution < 1.29 is 23.2 Å². The Morgan fingerprint density at radius 2 is 2.06 bits per heavy atom. The van der Waals surface area contributed by atoms with Gasteiger partial charge in [-0.05, 0) is 18.9 Å². The van der Waals surface area contributed by atoms with E-state index in [1.807, 2.05) is 16.8 Å². The fourth-order valence-corrected chi connectivity index (χ4v) is 1.36. The van der Waals surface area contributed by atoms with Gasteiger partial charge in [0.05, 0.1) is 0 Å². The number of ether oxygens (including phenoxy) is 1. The zero-order valence-electron chi connectivity index (χ0n) is 10.9. The van der Waals surface area contributed by atoms with Gasteiger partial charge in [-0.25, -0.2) is 8.78 Å². The van der Waals surface area contributed by atoms with Crippen molar-refractivity contribution in [3.8, 4) is 5.75 Å². The minimum Gasteiger partial charge on any atom is -0.503 e. The third-order valence-electron chi connectivity index (χ3n) is 2.11. The second-order valence-electron chi connectivity index (χ2n) is 3.78. The molecule has 2 N–H and O–H groups in total. The predicted molar refractivity (Wildman–Crippen MR) is 70.7 cm³/mol. The van der Waals surface area contributed by atoms with E-state index in [0.29, 0.717) is 5.75 Å². The first-order chi connectivity index (χ1) is 8.56. The molecule has 0 saturated carbocycles. The Labute approximate surface area is 111 Å². The van der Waals surface area contributed by atoms with Gasteiger partial charge in [-0.1, -0.05) is 0 Å². The monoisotopic (exact) mass is 276 g/mol. The second kappa shape index (κ2) is 11.1. The van der Waals surface area contributed by atoms with Crippen molar-refractivity contribution in [1.82, 2.24) is 0 Å². The fraction of sp³-hybridized carbons (Fsp3) is 0.583. The third kappa shape index (κ3) is 11.5. The minimum atomic E-state index is -1.61. The summed E-state index contributed by atoms with van der Waals surface area (Å²) in [6, 6.07) is 3.53. The van der Waals surface area contributed by atoms with Crippen molar-refractivity contribution in [2.45, 2.75) is 25.8 Å². The first kappa shape index (κ1) is 17.0. The summed E-state index contributed by atoms with van der Waals surface area (Å²) in [6.45, 7) is 1.79. The number of nitrogens with zero attached hydrogens (tertiary/aromatic N) is 1. The van der Waals surface area contributed by atoms with Crippen molar-refractivity contribution in [3.63, 3.8) is 0 Å². The first-order valence-corrected chi connectivity index (χ1v) is 7.27. The molecule has 104 valence electrons. The van der Waals surface area contributed by atoms with Gasteiger partial charge in [0.1, 0.15) is 17.6 Å². The molecule has 0 aromatic carbocycles. The zero-order chi connectivity index (χ0) is 13.8. The van der Waals surface area contributed by atoms with Crippen LogP contribution in [0.1, 0.15) is 19.3 Å². The number of hydrogen-bond acceptors (Lipinski definition) is 3. The molecule has 6 heteroatoms. The Hall–Kier alpha value is -0.980. The number of methoxy groups -OCH3 is 1. The van der Waals surface area contributed by atoms with E-state index in [2.05, 4.69) is 0 Å². The van der Waals surface area contributed by atoms with Crippen molar-refractivity contribution in [3.05, 3.63) is 24.5 Å². The molecule has 0 fully saturated rings. The number of aryl methyl sites for hydroxylation is 1. The lowest BCUT2D eigenvalue weighted by Crippen LogP contribution is -2.32. The molecule has 1 rings (SSSR count). The first-order valence-electron chi connectivity index (χ1n) is 5.75. The number of pyridine rings is 1. The number of aromatic hydroxyl groups is 1. The van der Waals surface area contributed by atoms with Gasteiger partial charge in [0, 0.05) is 32.5 Å². The standard InChI is InChI=1S/C11H17NO2.CH4O2S/c1-14-9-4-2-3-7-12-8-5-6-11(13)10-12;1-4(2)3/h5-6,8,10H,2-4,7,9H2,1H3;1H3,(H,2,3)/p+1. The highest BCUT2D eigenvalue weighted by molar-refractivity contribution is 7.78. The number of hydrogen-bond donors (Lipinski definition) is 2. The molecular formula is C12H22NO4S+. The molecule has 0 spiro atoms. The highest BCUT2D eigenvalue weighted by Crippen LogP contribution is 2.01. The lowest BCUT2D eigenvalue weighted by molar-refractivity contribution is -0.697. The topological polar surface area (TPSA) is 70.6 Å². The molecule has 1 aromatic rings. The van der Waals surface area contributed by atoms with E-state index >= 15 is 0 Å². The Bertz CT molecular complexity index is 343. The van der Waals surface area contributed by atoms with Crippen LogP contribution in [0.2, 0.25) is 0 Å². The molecule has 0 radical (unpaired) electrons. The molecule has 1 aromatic heterocycles. The van der Waals surface area contributed by atoms with E-state index in [1.165, 1.54) is 6.26 Å². The van der Waals surface area contributed by atoms with Crippen LogP contribution in [-0.4, -0.2) is 33.8 Å². The average Bonchev–Trinajstić information content (AvgIpc) is 2.28. The van der Waals surface area contributed by atoms with Gasteiger partial charge >= 0.3 is 0 Å². The Kier molecular flexibility index (Phi) is 10.5. The molecule has 18 heavy (non-hydrogen) atoms. The average molecular weight is 276 g/mol. The van der Waals surface area contributed by atoms with E-state index < -0.39 is 11.1 Å². The molecule has 0 aliphatic heterocycles. The number of aromatic nitrogens is 1. The SMILES string of the molecule is COCCCCC[n+]1cccc(O)c1.CS(=O)O. The summed E-state index contributed by atoms with van der Waals surface area (Å²) in [4.78, 5) is 0. The van der Waals surface area contributed by atoms with Crippen molar-refractivity contribution in [1.29, 1.82) is 0 Å². The van der Waals surface area contributed by atoms with E-state index in [-0.39, 0.29) is 0 Å². The van der Waals surface area contributed by atoms with Crippen LogP contribution in [0.25, 0.3) is 0 Å². The van der Waals surface area contributed by atoms with E-state index in [1.54, 1.807) is 19.4 Å². The van der Waals surface area contributed by atoms with Crippen LogP contribution >= 0.6 is 0 Å². The van der Waals surface area contributed by atoms with Crippen LogP contribution in [0.4, 0.5) is 0 Å². The van der Waals surface area contributed by atoms with Crippen LogP contribution in [0.15, 0.2) is 24.5 Å². The molecule has 1 unspecified atom stereocenters. The largest absolute Gasteiger partial charge is 0.503 e. The summed E-state index contributed by atoms with van der Waals surface area (Å²) in [5.41, 5.74) is 0. The van der Waals surface area contributed by atoms with Gasteiger partial charge < -0.3 is 14.4 Å².